The van der Waals surface area contributed by atoms with Gasteiger partial charge in [0.05, 0.1) is 0 Å². The van der Waals surface area contributed by atoms with E-state index in [-0.39, 0.29) is 0 Å². The molecule has 106 valence electrons. The van der Waals surface area contributed by atoms with Crippen LogP contribution in [0.4, 0.5) is 0 Å². The summed E-state index contributed by atoms with van der Waals surface area (Å²) in [6, 6.07) is 0. The van der Waals surface area contributed by atoms with Gasteiger partial charge in [-0.05, 0) is 0 Å². The van der Waals surface area contributed by atoms with E-state index in [1.54, 1.807) is 0 Å². The SMILES string of the molecule is CCC(C)CN(C)[PH](N(C)C)(N(C)C)N(C)C. The molecule has 0 aliphatic carbocycles. The molecular formula is C12H33N4P. The van der Waals surface area contributed by atoms with E-state index < -0.39 is 7.87 Å². The van der Waals surface area contributed by atoms with Gasteiger partial charge >= 0.3 is 109 Å². The molecule has 0 aliphatic rings. The first-order valence-electron chi connectivity index (χ1n) is 6.44. The molecule has 0 N–H and O–H groups in total. The first kappa shape index (κ1) is 17.3. The van der Waals surface area contributed by atoms with Crippen molar-refractivity contribution in [2.75, 3.05) is 55.9 Å². The topological polar surface area (TPSA) is 13.0 Å². The van der Waals surface area contributed by atoms with Gasteiger partial charge in [-0.1, -0.05) is 0 Å². The molecule has 0 rings (SSSR count). The summed E-state index contributed by atoms with van der Waals surface area (Å²) >= 11 is 0. The first-order valence-corrected chi connectivity index (χ1v) is 8.23. The number of hydrogen-bond donors (Lipinski definition) is 0. The molecule has 4 nitrogen and oxygen atoms in total. The third-order valence-corrected chi connectivity index (χ3v) is 8.40. The molecule has 0 aromatic heterocycles. The van der Waals surface area contributed by atoms with Gasteiger partial charge in [-0.2, -0.15) is 0 Å². The Balaban J connectivity index is 5.15. The van der Waals surface area contributed by atoms with Gasteiger partial charge in [0.25, 0.3) is 0 Å². The average molecular weight is 264 g/mol. The second-order valence-electron chi connectivity index (χ2n) is 5.68. The summed E-state index contributed by atoms with van der Waals surface area (Å²) in [4.78, 5) is 0. The second-order valence-corrected chi connectivity index (χ2v) is 10.3. The Morgan fingerprint density at radius 3 is 1.41 bits per heavy atom. The van der Waals surface area contributed by atoms with Crippen LogP contribution in [0, 0.1) is 5.92 Å². The van der Waals surface area contributed by atoms with E-state index in [1.165, 1.54) is 6.42 Å². The van der Waals surface area contributed by atoms with Crippen LogP contribution in [0.25, 0.3) is 0 Å². The Kier molecular flexibility index (Phi) is 7.12. The molecule has 0 saturated heterocycles. The van der Waals surface area contributed by atoms with Gasteiger partial charge in [0.2, 0.25) is 0 Å². The van der Waals surface area contributed by atoms with E-state index >= 15 is 0 Å². The molecule has 17 heavy (non-hydrogen) atoms. The molecular weight excluding hydrogens is 231 g/mol. The van der Waals surface area contributed by atoms with E-state index in [4.69, 9.17) is 0 Å². The molecule has 0 bridgehead atoms. The van der Waals surface area contributed by atoms with Crippen molar-refractivity contribution < 1.29 is 0 Å². The summed E-state index contributed by atoms with van der Waals surface area (Å²) in [5, 5.41) is 0. The molecule has 0 radical (unpaired) electrons. The summed E-state index contributed by atoms with van der Waals surface area (Å²) in [5.41, 5.74) is 0. The van der Waals surface area contributed by atoms with Crippen LogP contribution >= 0.6 is 7.87 Å². The summed E-state index contributed by atoms with van der Waals surface area (Å²) in [6.07, 6.45) is 1.24. The van der Waals surface area contributed by atoms with Crippen LogP contribution in [0.2, 0.25) is 0 Å². The van der Waals surface area contributed by atoms with Gasteiger partial charge in [-0.25, -0.2) is 0 Å². The van der Waals surface area contributed by atoms with E-state index in [2.05, 4.69) is 81.9 Å². The maximum absolute atomic E-state index is 2.56. The summed E-state index contributed by atoms with van der Waals surface area (Å²) in [5.74, 6) is 0.742. The molecule has 0 aromatic carbocycles. The zero-order valence-electron chi connectivity index (χ0n) is 13.3. The van der Waals surface area contributed by atoms with E-state index in [0.717, 1.165) is 12.5 Å². The standard InChI is InChI=1S/C12H33N4P/c1-10-12(2)11-16(9)17(13(3)4,14(5)6)15(7)8/h12,17H,10-11H2,1-9H3. The molecule has 0 saturated carbocycles. The molecule has 1 atom stereocenters. The van der Waals surface area contributed by atoms with E-state index in [0.29, 0.717) is 0 Å². The first-order chi connectivity index (χ1) is 7.71. The minimum absolute atomic E-state index is 0.742. The van der Waals surface area contributed by atoms with Gasteiger partial charge in [0.15, 0.2) is 0 Å². The van der Waals surface area contributed by atoms with Crippen molar-refractivity contribution in [3.8, 4) is 0 Å². The third kappa shape index (κ3) is 3.62. The van der Waals surface area contributed by atoms with Gasteiger partial charge < -0.3 is 0 Å². The molecule has 0 spiro atoms. The molecule has 0 amide bonds. The third-order valence-electron chi connectivity index (χ3n) is 3.59. The molecule has 0 aromatic rings. The van der Waals surface area contributed by atoms with Crippen molar-refractivity contribution in [1.29, 1.82) is 0 Å². The van der Waals surface area contributed by atoms with E-state index in [1.807, 2.05) is 0 Å². The fourth-order valence-corrected chi connectivity index (χ4v) is 7.95. The molecule has 0 fully saturated rings. The van der Waals surface area contributed by atoms with Gasteiger partial charge in [-0.15, -0.1) is 0 Å². The van der Waals surface area contributed by atoms with E-state index in [9.17, 15) is 0 Å². The van der Waals surface area contributed by atoms with Crippen molar-refractivity contribution in [2.24, 2.45) is 5.92 Å². The average Bonchev–Trinajstić information content (AvgIpc) is 2.16. The Labute approximate surface area is 109 Å². The van der Waals surface area contributed by atoms with Crippen molar-refractivity contribution in [1.82, 2.24) is 18.7 Å². The summed E-state index contributed by atoms with van der Waals surface area (Å²) < 4.78 is 9.75. The fourth-order valence-electron chi connectivity index (χ4n) is 2.94. The Hall–Kier alpha value is 0.270. The molecule has 0 aliphatic heterocycles. The monoisotopic (exact) mass is 264 g/mol. The van der Waals surface area contributed by atoms with Crippen LogP contribution in [-0.4, -0.2) is 74.6 Å². The molecule has 0 heterocycles. The fraction of sp³-hybridized carbons (Fsp3) is 1.00. The van der Waals surface area contributed by atoms with Gasteiger partial charge in [0.1, 0.15) is 0 Å². The normalized spacial score (nSPS) is 16.3. The van der Waals surface area contributed by atoms with Crippen LogP contribution in [-0.2, 0) is 0 Å². The van der Waals surface area contributed by atoms with Crippen LogP contribution < -0.4 is 0 Å². The molecule has 5 heteroatoms. The minimum atomic E-state index is -1.88. The van der Waals surface area contributed by atoms with Crippen LogP contribution in [0.1, 0.15) is 20.3 Å². The van der Waals surface area contributed by atoms with Gasteiger partial charge in [0, 0.05) is 0 Å². The maximum atomic E-state index is 2.56. The van der Waals surface area contributed by atoms with Crippen LogP contribution in [0.5, 0.6) is 0 Å². The number of hydrogen-bond acceptors (Lipinski definition) is 4. The van der Waals surface area contributed by atoms with Crippen molar-refractivity contribution in [3.63, 3.8) is 0 Å². The zero-order valence-corrected chi connectivity index (χ0v) is 14.3. The van der Waals surface area contributed by atoms with Crippen molar-refractivity contribution in [3.05, 3.63) is 0 Å². The Morgan fingerprint density at radius 2 is 1.18 bits per heavy atom. The van der Waals surface area contributed by atoms with Crippen LogP contribution in [0.3, 0.4) is 0 Å². The zero-order chi connectivity index (χ0) is 13.8. The quantitative estimate of drug-likeness (QED) is 0.653. The number of nitrogens with zero attached hydrogens (tertiary/aromatic N) is 4. The van der Waals surface area contributed by atoms with Crippen molar-refractivity contribution >= 4 is 7.87 Å². The second kappa shape index (κ2) is 7.01. The summed E-state index contributed by atoms with van der Waals surface area (Å²) in [6.45, 7) is 5.75. The van der Waals surface area contributed by atoms with Crippen LogP contribution in [0.15, 0.2) is 0 Å². The summed E-state index contributed by atoms with van der Waals surface area (Å²) in [7, 11) is 13.5. The molecule has 1 unspecified atom stereocenters. The number of rotatable bonds is 7. The predicted molar refractivity (Wildman–Crippen MR) is 81.5 cm³/mol. The Morgan fingerprint density at radius 1 is 0.824 bits per heavy atom. The predicted octanol–water partition coefficient (Wildman–Crippen LogP) is 2.06. The Bertz CT molecular complexity index is 197. The van der Waals surface area contributed by atoms with Crippen molar-refractivity contribution in [2.45, 2.75) is 20.3 Å². The van der Waals surface area contributed by atoms with Gasteiger partial charge in [-0.3, -0.25) is 0 Å².